The molecule has 2 aliphatic rings. The predicted octanol–water partition coefficient (Wildman–Crippen LogP) is 5.19. The van der Waals surface area contributed by atoms with Gasteiger partial charge < -0.3 is 14.6 Å². The van der Waals surface area contributed by atoms with Gasteiger partial charge in [-0.1, -0.05) is 91.0 Å². The smallest absolute Gasteiger partial charge is 0.303 e. The van der Waals surface area contributed by atoms with Crippen molar-refractivity contribution in [1.82, 2.24) is 4.90 Å². The molecule has 1 heterocycles. The van der Waals surface area contributed by atoms with Crippen molar-refractivity contribution in [3.8, 4) is 16.9 Å². The van der Waals surface area contributed by atoms with E-state index in [1.807, 2.05) is 30.3 Å². The number of carbonyl (C=O) groups excluding carboxylic acids is 1. The number of nitrogens with zero attached hydrogens (tertiary/aromatic N) is 1. The first kappa shape index (κ1) is 24.4. The molecule has 0 unspecified atom stereocenters. The summed E-state index contributed by atoms with van der Waals surface area (Å²) in [4.78, 5) is 14.6. The molecule has 6 rings (SSSR count). The number of β-amino-alcohol motifs (C(OH)–C–C–N with tert-alkyl or cyclic N) is 1. The third kappa shape index (κ3) is 3.82. The van der Waals surface area contributed by atoms with Crippen LogP contribution in [0, 0.1) is 0 Å². The zero-order chi connectivity index (χ0) is 26.3. The standard InChI is InChI=1S/C33H31NO4/c1-22(35)38-32-30(20-23-16-18-25(37-2)19-17-23)34(21-31(32)36)33(24-10-4-3-5-11-24)28-14-8-6-12-26(28)27-13-7-9-15-29(27)33/h3-19,30-32,36H,20-21H2,1-2H3/t30-,31-,32+/m1/s1. The van der Waals surface area contributed by atoms with Gasteiger partial charge >= 0.3 is 5.97 Å². The second-order valence-corrected chi connectivity index (χ2v) is 10.1. The van der Waals surface area contributed by atoms with Crippen LogP contribution in [0.25, 0.3) is 11.1 Å². The van der Waals surface area contributed by atoms with Gasteiger partial charge in [0, 0.05) is 13.5 Å². The molecule has 1 aliphatic heterocycles. The van der Waals surface area contributed by atoms with Crippen LogP contribution in [0.2, 0.25) is 0 Å². The van der Waals surface area contributed by atoms with Gasteiger partial charge in [-0.05, 0) is 51.9 Å². The number of carbonyl (C=O) groups is 1. The average Bonchev–Trinajstić information content (AvgIpc) is 3.41. The number of aliphatic hydroxyl groups is 1. The number of benzene rings is 4. The van der Waals surface area contributed by atoms with E-state index in [1.165, 1.54) is 29.2 Å². The Morgan fingerprint density at radius 2 is 1.45 bits per heavy atom. The fraction of sp³-hybridized carbons (Fsp3) is 0.242. The van der Waals surface area contributed by atoms with Crippen LogP contribution in [-0.2, 0) is 21.5 Å². The molecular formula is C33H31NO4. The molecule has 1 fully saturated rings. The number of methoxy groups -OCH3 is 1. The van der Waals surface area contributed by atoms with Gasteiger partial charge in [-0.15, -0.1) is 0 Å². The Morgan fingerprint density at radius 3 is 2.03 bits per heavy atom. The Morgan fingerprint density at radius 1 is 0.868 bits per heavy atom. The van der Waals surface area contributed by atoms with E-state index >= 15 is 0 Å². The molecule has 192 valence electrons. The van der Waals surface area contributed by atoms with E-state index in [1.54, 1.807) is 7.11 Å². The molecule has 0 amide bonds. The van der Waals surface area contributed by atoms with E-state index in [2.05, 4.69) is 77.7 Å². The van der Waals surface area contributed by atoms with Crippen molar-refractivity contribution in [3.63, 3.8) is 0 Å². The minimum absolute atomic E-state index is 0.276. The molecule has 4 aromatic carbocycles. The lowest BCUT2D eigenvalue weighted by Gasteiger charge is -2.45. The van der Waals surface area contributed by atoms with Gasteiger partial charge in [0.1, 0.15) is 18.0 Å². The lowest BCUT2D eigenvalue weighted by molar-refractivity contribution is -0.152. The molecule has 3 atom stereocenters. The van der Waals surface area contributed by atoms with E-state index in [0.29, 0.717) is 13.0 Å². The number of rotatable bonds is 6. The molecular weight excluding hydrogens is 474 g/mol. The summed E-state index contributed by atoms with van der Waals surface area (Å²) in [5.41, 5.74) is 6.23. The topological polar surface area (TPSA) is 59.0 Å². The maximum absolute atomic E-state index is 12.2. The number of likely N-dealkylation sites (tertiary alicyclic amines) is 1. The highest BCUT2D eigenvalue weighted by Gasteiger charge is 2.57. The maximum atomic E-state index is 12.2. The van der Waals surface area contributed by atoms with Crippen molar-refractivity contribution in [3.05, 3.63) is 125 Å². The van der Waals surface area contributed by atoms with E-state index in [4.69, 9.17) is 9.47 Å². The lowest BCUT2D eigenvalue weighted by Crippen LogP contribution is -2.52. The number of aliphatic hydroxyl groups excluding tert-OH is 1. The van der Waals surface area contributed by atoms with E-state index in [9.17, 15) is 9.90 Å². The van der Waals surface area contributed by atoms with Gasteiger partial charge in [0.25, 0.3) is 0 Å². The SMILES string of the molecule is COc1ccc(C[C@@H]2[C@H](OC(C)=O)[C@H](O)CN2C2(c3ccccc3)c3ccccc3-c3ccccc32)cc1. The van der Waals surface area contributed by atoms with Crippen LogP contribution >= 0.6 is 0 Å². The van der Waals surface area contributed by atoms with Crippen molar-refractivity contribution in [1.29, 1.82) is 0 Å². The van der Waals surface area contributed by atoms with Crippen LogP contribution in [0.4, 0.5) is 0 Å². The third-order valence-electron chi connectivity index (χ3n) is 7.99. The summed E-state index contributed by atoms with van der Waals surface area (Å²) in [7, 11) is 1.65. The van der Waals surface area contributed by atoms with Crippen LogP contribution in [0.5, 0.6) is 5.75 Å². The second-order valence-electron chi connectivity index (χ2n) is 10.1. The van der Waals surface area contributed by atoms with Gasteiger partial charge in [0.05, 0.1) is 18.7 Å². The Kier molecular flexibility index (Phi) is 6.26. The molecule has 38 heavy (non-hydrogen) atoms. The number of fused-ring (bicyclic) bond motifs is 3. The Bertz CT molecular complexity index is 1400. The Hall–Kier alpha value is -3.93. The molecule has 0 saturated carbocycles. The Labute approximate surface area is 223 Å². The largest absolute Gasteiger partial charge is 0.497 e. The normalized spacial score (nSPS) is 21.5. The van der Waals surface area contributed by atoms with E-state index < -0.39 is 23.7 Å². The molecule has 5 heteroatoms. The van der Waals surface area contributed by atoms with Crippen LogP contribution < -0.4 is 4.74 Å². The monoisotopic (exact) mass is 505 g/mol. The quantitative estimate of drug-likeness (QED) is 0.366. The van der Waals surface area contributed by atoms with Crippen LogP contribution in [0.1, 0.15) is 29.2 Å². The highest BCUT2D eigenvalue weighted by Crippen LogP contribution is 2.56. The van der Waals surface area contributed by atoms with Crippen LogP contribution in [0.3, 0.4) is 0 Å². The highest BCUT2D eigenvalue weighted by molar-refractivity contribution is 5.83. The summed E-state index contributed by atoms with van der Waals surface area (Å²) < 4.78 is 11.2. The number of esters is 1. The summed E-state index contributed by atoms with van der Waals surface area (Å²) in [5.74, 6) is 0.393. The van der Waals surface area contributed by atoms with Crippen molar-refractivity contribution in [2.45, 2.75) is 37.1 Å². The summed E-state index contributed by atoms with van der Waals surface area (Å²) in [6.07, 6.45) is -0.907. The second kappa shape index (κ2) is 9.75. The average molecular weight is 506 g/mol. The summed E-state index contributed by atoms with van der Waals surface area (Å²) in [6, 6.07) is 35.2. The summed E-state index contributed by atoms with van der Waals surface area (Å²) in [5, 5.41) is 11.4. The molecule has 0 radical (unpaired) electrons. The van der Waals surface area contributed by atoms with Gasteiger partial charge in [-0.25, -0.2) is 0 Å². The zero-order valence-electron chi connectivity index (χ0n) is 21.6. The zero-order valence-corrected chi connectivity index (χ0v) is 21.6. The molecule has 0 aromatic heterocycles. The Balaban J connectivity index is 1.58. The van der Waals surface area contributed by atoms with Crippen molar-refractivity contribution >= 4 is 5.97 Å². The molecule has 0 bridgehead atoms. The first-order chi connectivity index (χ1) is 18.5. The van der Waals surface area contributed by atoms with Crippen molar-refractivity contribution in [2.75, 3.05) is 13.7 Å². The maximum Gasteiger partial charge on any atom is 0.303 e. The minimum Gasteiger partial charge on any atom is -0.497 e. The lowest BCUT2D eigenvalue weighted by atomic mass is 9.78. The molecule has 0 spiro atoms. The fourth-order valence-corrected chi connectivity index (χ4v) is 6.52. The van der Waals surface area contributed by atoms with Crippen molar-refractivity contribution < 1.29 is 19.4 Å². The van der Waals surface area contributed by atoms with Gasteiger partial charge in [0.2, 0.25) is 0 Å². The van der Waals surface area contributed by atoms with E-state index in [-0.39, 0.29) is 6.04 Å². The van der Waals surface area contributed by atoms with Crippen molar-refractivity contribution in [2.24, 2.45) is 0 Å². The molecule has 5 nitrogen and oxygen atoms in total. The molecule has 1 aliphatic carbocycles. The summed E-state index contributed by atoms with van der Waals surface area (Å²) in [6.45, 7) is 1.77. The fourth-order valence-electron chi connectivity index (χ4n) is 6.52. The van der Waals surface area contributed by atoms with Gasteiger partial charge in [0.15, 0.2) is 0 Å². The highest BCUT2D eigenvalue weighted by atomic mass is 16.6. The first-order valence-corrected chi connectivity index (χ1v) is 13.0. The summed E-state index contributed by atoms with van der Waals surface area (Å²) >= 11 is 0. The van der Waals surface area contributed by atoms with Gasteiger partial charge in [-0.3, -0.25) is 9.69 Å². The third-order valence-corrected chi connectivity index (χ3v) is 7.99. The molecule has 4 aromatic rings. The van der Waals surface area contributed by atoms with Crippen LogP contribution in [-0.4, -0.2) is 47.9 Å². The first-order valence-electron chi connectivity index (χ1n) is 13.0. The molecule has 1 N–H and O–H groups in total. The number of ether oxygens (including phenoxy) is 2. The minimum atomic E-state index is -0.831. The van der Waals surface area contributed by atoms with Crippen LogP contribution in [0.15, 0.2) is 103 Å². The number of hydrogen-bond acceptors (Lipinski definition) is 5. The number of hydrogen-bond donors (Lipinski definition) is 1. The predicted molar refractivity (Wildman–Crippen MR) is 147 cm³/mol. The van der Waals surface area contributed by atoms with E-state index in [0.717, 1.165) is 16.9 Å². The molecule has 1 saturated heterocycles. The van der Waals surface area contributed by atoms with Gasteiger partial charge in [-0.2, -0.15) is 0 Å².